The van der Waals surface area contributed by atoms with Gasteiger partial charge in [-0.3, -0.25) is 0 Å². The highest BCUT2D eigenvalue weighted by molar-refractivity contribution is 6.23. The lowest BCUT2D eigenvalue weighted by Gasteiger charge is -2.17. The molecule has 6 aromatic carbocycles. The number of fused-ring (bicyclic) bond motifs is 9. The average molecular weight is 591 g/mol. The molecule has 0 saturated carbocycles. The fourth-order valence-corrected chi connectivity index (χ4v) is 7.14. The second-order valence-corrected chi connectivity index (χ2v) is 12.2. The quantitative estimate of drug-likeness (QED) is 0.192. The van der Waals surface area contributed by atoms with Gasteiger partial charge in [0.15, 0.2) is 0 Å². The van der Waals surface area contributed by atoms with E-state index in [4.69, 9.17) is 14.4 Å². The summed E-state index contributed by atoms with van der Waals surface area (Å²) < 4.78 is 6.44. The van der Waals surface area contributed by atoms with E-state index >= 15 is 0 Å². The molecule has 218 valence electrons. The van der Waals surface area contributed by atoms with Crippen LogP contribution in [0.4, 0.5) is 0 Å². The first-order valence-corrected chi connectivity index (χ1v) is 15.8. The molecule has 0 unspecified atom stereocenters. The highest BCUT2D eigenvalue weighted by Crippen LogP contribution is 2.41. The number of para-hydroxylation sites is 2. The Morgan fingerprint density at radius 2 is 1.15 bits per heavy atom. The highest BCUT2D eigenvalue weighted by atomic mass is 16.3. The van der Waals surface area contributed by atoms with E-state index < -0.39 is 0 Å². The maximum absolute atomic E-state index is 6.44. The summed E-state index contributed by atoms with van der Waals surface area (Å²) in [7, 11) is 0. The average Bonchev–Trinajstić information content (AvgIpc) is 3.40. The second-order valence-electron chi connectivity index (χ2n) is 12.2. The Morgan fingerprint density at radius 3 is 1.91 bits per heavy atom. The summed E-state index contributed by atoms with van der Waals surface area (Å²) in [6, 6.07) is 40.4. The standard InChI is InChI=1S/C43H30N2O/c1-26-12-9-20-30(27(2)24-26)40-39(44-41-35-18-5-3-15-32(35)33-16-4-6-19-36(33)42(41)45-40)29-14-10-13-28(25-29)31-21-11-22-37-34-17-7-8-23-38(34)46-43(31)37/h3-8,10-25H,9H2,1-2H3. The predicted molar refractivity (Wildman–Crippen MR) is 193 cm³/mol. The molecule has 2 aromatic heterocycles. The molecule has 0 radical (unpaired) electrons. The Hall–Kier alpha value is -5.80. The Balaban J connectivity index is 1.34. The summed E-state index contributed by atoms with van der Waals surface area (Å²) in [6.07, 6.45) is 7.67. The molecule has 0 spiro atoms. The van der Waals surface area contributed by atoms with Crippen LogP contribution in [-0.2, 0) is 0 Å². The van der Waals surface area contributed by atoms with Crippen LogP contribution in [0, 0.1) is 0 Å². The third-order valence-corrected chi connectivity index (χ3v) is 9.29. The van der Waals surface area contributed by atoms with Crippen LogP contribution in [0.3, 0.4) is 0 Å². The van der Waals surface area contributed by atoms with Crippen LogP contribution in [0.2, 0.25) is 0 Å². The molecule has 3 heteroatoms. The molecule has 8 aromatic rings. The molecule has 1 aliphatic rings. The van der Waals surface area contributed by atoms with E-state index in [1.807, 2.05) is 12.1 Å². The van der Waals surface area contributed by atoms with Gasteiger partial charge in [-0.2, -0.15) is 0 Å². The summed E-state index contributed by atoms with van der Waals surface area (Å²) in [6.45, 7) is 4.34. The van der Waals surface area contributed by atoms with Gasteiger partial charge in [-0.25, -0.2) is 9.97 Å². The minimum absolute atomic E-state index is 0.848. The lowest BCUT2D eigenvalue weighted by Crippen LogP contribution is -2.01. The summed E-state index contributed by atoms with van der Waals surface area (Å²) in [5.74, 6) is 0. The number of hydrogen-bond acceptors (Lipinski definition) is 3. The van der Waals surface area contributed by atoms with Crippen molar-refractivity contribution in [1.82, 2.24) is 9.97 Å². The van der Waals surface area contributed by atoms with E-state index in [9.17, 15) is 0 Å². The van der Waals surface area contributed by atoms with Crippen molar-refractivity contribution in [2.24, 2.45) is 0 Å². The molecule has 0 saturated heterocycles. The third-order valence-electron chi connectivity index (χ3n) is 9.29. The first-order valence-electron chi connectivity index (χ1n) is 15.8. The van der Waals surface area contributed by atoms with Crippen molar-refractivity contribution in [1.29, 1.82) is 0 Å². The SMILES string of the molecule is CC1=CCC=C(c2nc3c4ccccc4c4ccccc4c3nc2-c2cccc(-c3cccc4c3oc3ccccc34)c2)C(C)=C1. The number of furan rings is 1. The van der Waals surface area contributed by atoms with E-state index in [-0.39, 0.29) is 0 Å². The normalized spacial score (nSPS) is 13.7. The largest absolute Gasteiger partial charge is 0.455 e. The summed E-state index contributed by atoms with van der Waals surface area (Å²) in [5, 5.41) is 6.86. The monoisotopic (exact) mass is 590 g/mol. The maximum Gasteiger partial charge on any atom is 0.143 e. The molecule has 9 rings (SSSR count). The van der Waals surface area contributed by atoms with Crippen molar-refractivity contribution in [3.8, 4) is 22.4 Å². The van der Waals surface area contributed by atoms with Gasteiger partial charge in [-0.15, -0.1) is 0 Å². The van der Waals surface area contributed by atoms with Crippen LogP contribution < -0.4 is 0 Å². The van der Waals surface area contributed by atoms with Crippen molar-refractivity contribution in [2.75, 3.05) is 0 Å². The van der Waals surface area contributed by atoms with Crippen molar-refractivity contribution >= 4 is 60.1 Å². The van der Waals surface area contributed by atoms with Crippen LogP contribution >= 0.6 is 0 Å². The van der Waals surface area contributed by atoms with Crippen molar-refractivity contribution in [3.05, 3.63) is 150 Å². The van der Waals surface area contributed by atoms with E-state index in [0.717, 1.165) is 83.8 Å². The minimum Gasteiger partial charge on any atom is -0.455 e. The summed E-state index contributed by atoms with van der Waals surface area (Å²) in [5.41, 5.74) is 12.2. The van der Waals surface area contributed by atoms with Crippen LogP contribution in [0.1, 0.15) is 26.0 Å². The van der Waals surface area contributed by atoms with Gasteiger partial charge in [0.05, 0.1) is 22.4 Å². The molecule has 1 aliphatic carbocycles. The first-order chi connectivity index (χ1) is 22.6. The number of hydrogen-bond donors (Lipinski definition) is 0. The topological polar surface area (TPSA) is 38.9 Å². The predicted octanol–water partition coefficient (Wildman–Crippen LogP) is 11.8. The smallest absolute Gasteiger partial charge is 0.143 e. The van der Waals surface area contributed by atoms with Crippen molar-refractivity contribution in [3.63, 3.8) is 0 Å². The van der Waals surface area contributed by atoms with Gasteiger partial charge in [0, 0.05) is 38.2 Å². The van der Waals surface area contributed by atoms with Crippen LogP contribution in [0.5, 0.6) is 0 Å². The van der Waals surface area contributed by atoms with Crippen LogP contribution in [-0.4, -0.2) is 9.97 Å². The fourth-order valence-electron chi connectivity index (χ4n) is 7.14. The van der Waals surface area contributed by atoms with Crippen LogP contribution in [0.15, 0.2) is 149 Å². The first kappa shape index (κ1) is 26.6. The molecular formula is C43H30N2O. The third kappa shape index (κ3) is 4.13. The molecule has 46 heavy (non-hydrogen) atoms. The zero-order chi connectivity index (χ0) is 30.8. The Morgan fingerprint density at radius 1 is 0.543 bits per heavy atom. The van der Waals surface area contributed by atoms with Gasteiger partial charge in [-0.05, 0) is 54.3 Å². The van der Waals surface area contributed by atoms with E-state index in [0.29, 0.717) is 0 Å². The Kier molecular flexibility index (Phi) is 6.01. The van der Waals surface area contributed by atoms with Gasteiger partial charge in [0.25, 0.3) is 0 Å². The van der Waals surface area contributed by atoms with Gasteiger partial charge >= 0.3 is 0 Å². The Bertz CT molecular complexity index is 2630. The lowest BCUT2D eigenvalue weighted by molar-refractivity contribution is 0.670. The number of nitrogens with zero attached hydrogens (tertiary/aromatic N) is 2. The molecule has 2 heterocycles. The van der Waals surface area contributed by atoms with E-state index in [1.165, 1.54) is 21.9 Å². The molecule has 0 aliphatic heterocycles. The van der Waals surface area contributed by atoms with Gasteiger partial charge in [0.1, 0.15) is 11.2 Å². The zero-order valence-corrected chi connectivity index (χ0v) is 25.7. The summed E-state index contributed by atoms with van der Waals surface area (Å²) >= 11 is 0. The highest BCUT2D eigenvalue weighted by Gasteiger charge is 2.21. The molecule has 0 bridgehead atoms. The number of allylic oxidation sites excluding steroid dienone is 6. The molecule has 0 amide bonds. The van der Waals surface area contributed by atoms with Gasteiger partial charge in [0.2, 0.25) is 0 Å². The molecular weight excluding hydrogens is 560 g/mol. The molecule has 3 nitrogen and oxygen atoms in total. The molecule has 0 N–H and O–H groups in total. The van der Waals surface area contributed by atoms with Crippen molar-refractivity contribution < 1.29 is 4.42 Å². The maximum atomic E-state index is 6.44. The number of rotatable bonds is 3. The fraction of sp³-hybridized carbons (Fsp3) is 0.0698. The van der Waals surface area contributed by atoms with E-state index in [1.54, 1.807) is 0 Å². The van der Waals surface area contributed by atoms with Gasteiger partial charge in [-0.1, -0.05) is 127 Å². The number of aromatic nitrogens is 2. The lowest BCUT2D eigenvalue weighted by atomic mass is 9.94. The zero-order valence-electron chi connectivity index (χ0n) is 25.7. The summed E-state index contributed by atoms with van der Waals surface area (Å²) in [4.78, 5) is 11.1. The minimum atomic E-state index is 0.848. The van der Waals surface area contributed by atoms with Gasteiger partial charge < -0.3 is 4.42 Å². The van der Waals surface area contributed by atoms with Crippen LogP contribution in [0.25, 0.3) is 82.5 Å². The van der Waals surface area contributed by atoms with E-state index in [2.05, 4.69) is 135 Å². The van der Waals surface area contributed by atoms with Crippen molar-refractivity contribution in [2.45, 2.75) is 20.3 Å². The Labute approximate surface area is 266 Å². The number of benzene rings is 6. The molecule has 0 fully saturated rings. The second kappa shape index (κ2) is 10.4. The molecule has 0 atom stereocenters.